The summed E-state index contributed by atoms with van der Waals surface area (Å²) < 4.78 is 16.1. The molecule has 1 aliphatic heterocycles. The molecule has 178 valence electrons. The first-order chi connectivity index (χ1) is 16.4. The van der Waals surface area contributed by atoms with Gasteiger partial charge in [-0.2, -0.15) is 0 Å². The molecular weight excluding hydrogens is 454 g/mol. The van der Waals surface area contributed by atoms with Crippen molar-refractivity contribution in [3.05, 3.63) is 75.3 Å². The number of ether oxygens (including phenoxy) is 3. The number of Topliss-reactive ketones (excluding diaryl/α,β-unsaturated/α-hetero) is 1. The number of carbonyl (C=O) groups excluding carboxylic acids is 3. The van der Waals surface area contributed by atoms with Gasteiger partial charge in [-0.3, -0.25) is 9.59 Å². The van der Waals surface area contributed by atoms with E-state index < -0.39 is 23.8 Å². The van der Waals surface area contributed by atoms with Crippen LogP contribution >= 0.6 is 11.3 Å². The second-order valence-corrected chi connectivity index (χ2v) is 9.33. The number of esters is 2. The predicted octanol–water partition coefficient (Wildman–Crippen LogP) is 3.98. The monoisotopic (exact) mass is 481 g/mol. The molecule has 0 saturated carbocycles. The summed E-state index contributed by atoms with van der Waals surface area (Å²) in [5, 5.41) is 5.15. The minimum absolute atomic E-state index is 0.0589. The number of methoxy groups -OCH3 is 1. The maximum absolute atomic E-state index is 13.6. The van der Waals surface area contributed by atoms with Gasteiger partial charge in [0.1, 0.15) is 24.9 Å². The summed E-state index contributed by atoms with van der Waals surface area (Å²) >= 11 is 1.46. The van der Waals surface area contributed by atoms with Crippen LogP contribution in [-0.2, 0) is 23.9 Å². The molecule has 1 N–H and O–H groups in total. The molecule has 2 aromatic rings. The molecule has 1 aromatic carbocycles. The highest BCUT2D eigenvalue weighted by Gasteiger charge is 2.47. The Morgan fingerprint density at radius 2 is 1.88 bits per heavy atom. The Bertz CT molecular complexity index is 1140. The van der Waals surface area contributed by atoms with Gasteiger partial charge in [-0.05, 0) is 42.8 Å². The van der Waals surface area contributed by atoms with Gasteiger partial charge < -0.3 is 19.5 Å². The highest BCUT2D eigenvalue weighted by molar-refractivity contribution is 7.10. The average molecular weight is 482 g/mol. The van der Waals surface area contributed by atoms with Gasteiger partial charge in [0.15, 0.2) is 5.78 Å². The number of nitrogens with one attached hydrogen (secondary N) is 1. The summed E-state index contributed by atoms with van der Waals surface area (Å²) in [5.41, 5.74) is 2.20. The molecule has 0 radical (unpaired) electrons. The molecule has 0 fully saturated rings. The lowest BCUT2D eigenvalue weighted by atomic mass is 9.70. The Morgan fingerprint density at radius 1 is 1.12 bits per heavy atom. The number of thiophene rings is 1. The summed E-state index contributed by atoms with van der Waals surface area (Å²) in [6.07, 6.45) is 0.507. The van der Waals surface area contributed by atoms with Gasteiger partial charge >= 0.3 is 11.9 Å². The molecule has 4 rings (SSSR count). The van der Waals surface area contributed by atoms with Gasteiger partial charge in [0.05, 0.1) is 18.6 Å². The SMILES string of the molecule is COC(=O)[C@H]1C(=O)C2=C(C[C@H]1C)NC(C)=C(C(=O)OCCOc1ccccc1)[C@@H]2c1cccs1. The van der Waals surface area contributed by atoms with E-state index in [-0.39, 0.29) is 24.9 Å². The standard InChI is InChI=1S/C26H27NO6S/c1-15-14-18-22(24(28)20(15)25(29)31-3)23(19-10-7-13-34-19)21(16(2)27-18)26(30)33-12-11-32-17-8-5-4-6-9-17/h4-10,13,15,20,23,27H,11-12,14H2,1-3H3/t15-,20-,23+/m1/s1. The van der Waals surface area contributed by atoms with Crippen molar-refractivity contribution in [2.24, 2.45) is 11.8 Å². The van der Waals surface area contributed by atoms with E-state index in [4.69, 9.17) is 14.2 Å². The molecule has 0 amide bonds. The lowest BCUT2D eigenvalue weighted by Crippen LogP contribution is -2.43. The fourth-order valence-electron chi connectivity index (χ4n) is 4.58. The number of benzene rings is 1. The molecule has 7 nitrogen and oxygen atoms in total. The molecule has 0 unspecified atom stereocenters. The Morgan fingerprint density at radius 3 is 2.56 bits per heavy atom. The third-order valence-electron chi connectivity index (χ3n) is 6.12. The average Bonchev–Trinajstić information content (AvgIpc) is 3.36. The van der Waals surface area contributed by atoms with Crippen LogP contribution in [0.25, 0.3) is 0 Å². The predicted molar refractivity (Wildman–Crippen MR) is 127 cm³/mol. The molecule has 0 bridgehead atoms. The van der Waals surface area contributed by atoms with E-state index >= 15 is 0 Å². The highest BCUT2D eigenvalue weighted by Crippen LogP contribution is 2.46. The van der Waals surface area contributed by atoms with Crippen molar-refractivity contribution in [3.8, 4) is 5.75 Å². The van der Waals surface area contributed by atoms with Gasteiger partial charge in [-0.25, -0.2) is 4.79 Å². The number of hydrogen-bond acceptors (Lipinski definition) is 8. The summed E-state index contributed by atoms with van der Waals surface area (Å²) in [7, 11) is 1.28. The van der Waals surface area contributed by atoms with Crippen molar-refractivity contribution >= 4 is 29.1 Å². The van der Waals surface area contributed by atoms with E-state index in [1.54, 1.807) is 0 Å². The quantitative estimate of drug-likeness (QED) is 0.363. The van der Waals surface area contributed by atoms with Crippen molar-refractivity contribution in [1.82, 2.24) is 5.32 Å². The normalized spacial score (nSPS) is 22.1. The number of carbonyl (C=O) groups is 3. The first-order valence-electron chi connectivity index (χ1n) is 11.1. The number of ketones is 1. The molecule has 1 aliphatic carbocycles. The topological polar surface area (TPSA) is 90.9 Å². The zero-order valence-corrected chi connectivity index (χ0v) is 20.1. The van der Waals surface area contributed by atoms with Crippen molar-refractivity contribution < 1.29 is 28.6 Å². The summed E-state index contributed by atoms with van der Waals surface area (Å²) in [6.45, 7) is 3.93. The molecule has 1 aromatic heterocycles. The Labute approximate surface area is 202 Å². The van der Waals surface area contributed by atoms with Crippen LogP contribution in [-0.4, -0.2) is 38.0 Å². The summed E-state index contributed by atoms with van der Waals surface area (Å²) in [6, 6.07) is 13.0. The number of allylic oxidation sites excluding steroid dienone is 3. The minimum atomic E-state index is -0.900. The van der Waals surface area contributed by atoms with E-state index in [9.17, 15) is 14.4 Å². The smallest absolute Gasteiger partial charge is 0.336 e. The second kappa shape index (κ2) is 10.3. The first kappa shape index (κ1) is 23.8. The van der Waals surface area contributed by atoms with Crippen molar-refractivity contribution in [2.75, 3.05) is 20.3 Å². The van der Waals surface area contributed by atoms with E-state index in [1.807, 2.05) is 61.7 Å². The van der Waals surface area contributed by atoms with Crippen LogP contribution in [0.15, 0.2) is 70.4 Å². The highest BCUT2D eigenvalue weighted by atomic mass is 32.1. The summed E-state index contributed by atoms with van der Waals surface area (Å²) in [4.78, 5) is 40.1. The van der Waals surface area contributed by atoms with E-state index in [0.717, 1.165) is 10.6 Å². The third kappa shape index (κ3) is 4.63. The van der Waals surface area contributed by atoms with Crippen molar-refractivity contribution in [1.29, 1.82) is 0 Å². The van der Waals surface area contributed by atoms with Crippen LogP contribution in [0, 0.1) is 11.8 Å². The fraction of sp³-hybridized carbons (Fsp3) is 0.346. The first-order valence-corrected chi connectivity index (χ1v) is 12.0. The molecule has 2 heterocycles. The molecule has 34 heavy (non-hydrogen) atoms. The minimum Gasteiger partial charge on any atom is -0.490 e. The zero-order chi connectivity index (χ0) is 24.2. The molecule has 8 heteroatoms. The number of dihydropyridines is 1. The van der Waals surface area contributed by atoms with Gasteiger partial charge in [0.2, 0.25) is 0 Å². The van der Waals surface area contributed by atoms with Crippen molar-refractivity contribution in [2.45, 2.75) is 26.2 Å². The Balaban J connectivity index is 1.59. The fourth-order valence-corrected chi connectivity index (χ4v) is 5.42. The van der Waals surface area contributed by atoms with Crippen LogP contribution in [0.2, 0.25) is 0 Å². The Kier molecular flexibility index (Phi) is 7.17. The molecule has 0 spiro atoms. The lowest BCUT2D eigenvalue weighted by Gasteiger charge is -2.37. The van der Waals surface area contributed by atoms with Crippen LogP contribution < -0.4 is 10.1 Å². The maximum Gasteiger partial charge on any atom is 0.336 e. The van der Waals surface area contributed by atoms with Crippen LogP contribution in [0.1, 0.15) is 31.1 Å². The van der Waals surface area contributed by atoms with E-state index in [1.165, 1.54) is 18.4 Å². The van der Waals surface area contributed by atoms with E-state index in [0.29, 0.717) is 29.0 Å². The maximum atomic E-state index is 13.6. The zero-order valence-electron chi connectivity index (χ0n) is 19.3. The van der Waals surface area contributed by atoms with Gasteiger partial charge in [0, 0.05) is 21.8 Å². The Hall–Kier alpha value is -3.39. The van der Waals surface area contributed by atoms with E-state index in [2.05, 4.69) is 5.32 Å². The molecule has 2 aliphatic rings. The molecule has 0 saturated heterocycles. The van der Waals surface area contributed by atoms with Crippen molar-refractivity contribution in [3.63, 3.8) is 0 Å². The van der Waals surface area contributed by atoms with Gasteiger partial charge in [0.25, 0.3) is 0 Å². The second-order valence-electron chi connectivity index (χ2n) is 8.35. The van der Waals surface area contributed by atoms with Gasteiger partial charge in [-0.1, -0.05) is 31.2 Å². The van der Waals surface area contributed by atoms with Crippen LogP contribution in [0.3, 0.4) is 0 Å². The number of rotatable bonds is 7. The number of hydrogen-bond donors (Lipinski definition) is 1. The van der Waals surface area contributed by atoms with Gasteiger partial charge in [-0.15, -0.1) is 11.3 Å². The molecule has 3 atom stereocenters. The third-order valence-corrected chi connectivity index (χ3v) is 7.06. The van der Waals surface area contributed by atoms with Crippen LogP contribution in [0.4, 0.5) is 0 Å². The lowest BCUT2D eigenvalue weighted by molar-refractivity contribution is -0.151. The largest absolute Gasteiger partial charge is 0.490 e. The summed E-state index contributed by atoms with van der Waals surface area (Å²) in [5.74, 6) is -2.41. The van der Waals surface area contributed by atoms with Crippen LogP contribution in [0.5, 0.6) is 5.75 Å². The number of para-hydroxylation sites is 1. The molecular formula is C26H27NO6S.